The van der Waals surface area contributed by atoms with Gasteiger partial charge in [0.15, 0.2) is 0 Å². The van der Waals surface area contributed by atoms with Gasteiger partial charge in [0.25, 0.3) is 0 Å². The molecule has 0 nitrogen and oxygen atoms in total. The Morgan fingerprint density at radius 2 is 1.45 bits per heavy atom. The third kappa shape index (κ3) is 5.06. The van der Waals surface area contributed by atoms with Crippen molar-refractivity contribution in [2.45, 2.75) is 71.1 Å². The van der Waals surface area contributed by atoms with Crippen LogP contribution in [-0.2, 0) is 0 Å². The van der Waals surface area contributed by atoms with Crippen LogP contribution in [0.15, 0.2) is 24.3 Å². The minimum Gasteiger partial charge on any atom is -0.0654 e. The number of benzene rings is 1. The molecule has 0 aliphatic carbocycles. The highest BCUT2D eigenvalue weighted by molar-refractivity contribution is 7.58. The molecular formula is C19H28P. The fourth-order valence-electron chi connectivity index (χ4n) is 2.89. The number of hydrogen-bond donors (Lipinski definition) is 0. The second-order valence-electron chi connectivity index (χ2n) is 5.87. The highest BCUT2D eigenvalue weighted by Gasteiger charge is 2.04. The first-order valence-corrected chi connectivity index (χ1v) is 9.37. The lowest BCUT2D eigenvalue weighted by molar-refractivity contribution is 0.568. The Hall–Kier alpha value is -0.610. The molecule has 0 saturated heterocycles. The molecule has 1 aromatic carbocycles. The molecule has 0 atom stereocenters. The largest absolute Gasteiger partial charge is 0.0654 e. The SMILES string of the molecule is CCCCCCCCCCCC1=c2ccccc2=C[P]1. The maximum absolute atomic E-state index is 2.36. The first-order valence-electron chi connectivity index (χ1n) is 8.41. The minimum atomic E-state index is 1.30. The normalized spacial score (nSPS) is 14.6. The van der Waals surface area contributed by atoms with E-state index in [4.69, 9.17) is 0 Å². The van der Waals surface area contributed by atoms with Gasteiger partial charge >= 0.3 is 0 Å². The monoisotopic (exact) mass is 287 g/mol. The van der Waals surface area contributed by atoms with E-state index in [1.807, 2.05) is 0 Å². The zero-order valence-corrected chi connectivity index (χ0v) is 13.8. The standard InChI is InChI=1S/C19H28P/c1-2-3-4-5-6-7-8-9-10-15-19-18-14-12-11-13-17(18)16-20-19/h11-14,16H,2-10,15H2,1H3. The first-order chi connectivity index (χ1) is 9.92. The van der Waals surface area contributed by atoms with Crippen molar-refractivity contribution in [1.29, 1.82) is 0 Å². The van der Waals surface area contributed by atoms with Crippen molar-refractivity contribution in [1.82, 2.24) is 0 Å². The van der Waals surface area contributed by atoms with Crippen molar-refractivity contribution < 1.29 is 0 Å². The molecule has 2 rings (SSSR count). The van der Waals surface area contributed by atoms with Crippen LogP contribution in [0.25, 0.3) is 11.1 Å². The summed E-state index contributed by atoms with van der Waals surface area (Å²) < 4.78 is 0. The van der Waals surface area contributed by atoms with Crippen LogP contribution in [0.4, 0.5) is 0 Å². The van der Waals surface area contributed by atoms with Crippen LogP contribution in [0, 0.1) is 0 Å². The van der Waals surface area contributed by atoms with Gasteiger partial charge in [0, 0.05) is 0 Å². The third-order valence-electron chi connectivity index (χ3n) is 4.15. The third-order valence-corrected chi connectivity index (χ3v) is 5.33. The summed E-state index contributed by atoms with van der Waals surface area (Å²) in [5.41, 5.74) is 0. The molecule has 0 amide bonds. The molecule has 1 aliphatic rings. The molecule has 0 fully saturated rings. The van der Waals surface area contributed by atoms with Gasteiger partial charge in [-0.2, -0.15) is 0 Å². The second-order valence-corrected chi connectivity index (χ2v) is 6.93. The Bertz CT molecular complexity index is 501. The minimum absolute atomic E-state index is 1.30. The van der Waals surface area contributed by atoms with Gasteiger partial charge in [-0.25, -0.2) is 0 Å². The number of rotatable bonds is 10. The molecule has 0 bridgehead atoms. The number of hydrogen-bond acceptors (Lipinski definition) is 0. The summed E-state index contributed by atoms with van der Waals surface area (Å²) in [5, 5.41) is 4.59. The van der Waals surface area contributed by atoms with Crippen LogP contribution in [0.1, 0.15) is 71.1 Å². The van der Waals surface area contributed by atoms with Gasteiger partial charge in [-0.05, 0) is 43.0 Å². The van der Waals surface area contributed by atoms with E-state index in [2.05, 4.69) is 37.0 Å². The van der Waals surface area contributed by atoms with Gasteiger partial charge < -0.3 is 0 Å². The molecule has 1 heteroatoms. The molecule has 0 unspecified atom stereocenters. The Kier molecular flexibility index (Phi) is 7.37. The van der Waals surface area contributed by atoms with Crippen molar-refractivity contribution in [2.24, 2.45) is 0 Å². The smallest absolute Gasteiger partial charge is 0.0140 e. The molecule has 20 heavy (non-hydrogen) atoms. The molecule has 109 valence electrons. The molecular weight excluding hydrogens is 259 g/mol. The summed E-state index contributed by atoms with van der Waals surface area (Å²) in [6.07, 6.45) is 14.1. The van der Waals surface area contributed by atoms with Crippen LogP contribution < -0.4 is 10.4 Å². The summed E-state index contributed by atoms with van der Waals surface area (Å²) in [6, 6.07) is 8.84. The predicted molar refractivity (Wildman–Crippen MR) is 92.3 cm³/mol. The summed E-state index contributed by atoms with van der Waals surface area (Å²) >= 11 is 0. The van der Waals surface area contributed by atoms with E-state index in [0.717, 1.165) is 0 Å². The molecule has 0 N–H and O–H groups in total. The van der Waals surface area contributed by atoms with Crippen molar-refractivity contribution in [3.05, 3.63) is 34.7 Å². The molecule has 1 radical (unpaired) electrons. The zero-order valence-electron chi connectivity index (χ0n) is 12.9. The molecule has 0 saturated carbocycles. The second kappa shape index (κ2) is 9.35. The highest BCUT2D eigenvalue weighted by atomic mass is 31.1. The van der Waals surface area contributed by atoms with Gasteiger partial charge in [-0.3, -0.25) is 0 Å². The average molecular weight is 287 g/mol. The maximum Gasteiger partial charge on any atom is -0.0140 e. The molecule has 1 heterocycles. The number of unbranched alkanes of at least 4 members (excludes halogenated alkanes) is 8. The fourth-order valence-corrected chi connectivity index (χ4v) is 4.04. The Labute approximate surface area is 126 Å². The first kappa shape index (κ1) is 15.8. The molecule has 0 spiro atoms. The summed E-state index contributed by atoms with van der Waals surface area (Å²) in [6.45, 7) is 2.29. The molecule has 1 aliphatic heterocycles. The van der Waals surface area contributed by atoms with Crippen molar-refractivity contribution in [3.63, 3.8) is 0 Å². The Morgan fingerprint density at radius 1 is 0.800 bits per heavy atom. The van der Waals surface area contributed by atoms with E-state index < -0.39 is 0 Å². The van der Waals surface area contributed by atoms with Crippen LogP contribution in [0.2, 0.25) is 0 Å². The quantitative estimate of drug-likeness (QED) is 0.398. The van der Waals surface area contributed by atoms with Gasteiger partial charge in [-0.1, -0.05) is 82.6 Å². The molecule has 1 aromatic rings. The van der Waals surface area contributed by atoms with Crippen LogP contribution in [0.3, 0.4) is 0 Å². The highest BCUT2D eigenvalue weighted by Crippen LogP contribution is 2.32. The molecule has 0 aromatic heterocycles. The fraction of sp³-hybridized carbons (Fsp3) is 0.579. The maximum atomic E-state index is 2.36. The van der Waals surface area contributed by atoms with E-state index in [1.165, 1.54) is 83.2 Å². The summed E-state index contributed by atoms with van der Waals surface area (Å²) in [5.74, 6) is 2.36. The van der Waals surface area contributed by atoms with Crippen molar-refractivity contribution in [3.8, 4) is 0 Å². The average Bonchev–Trinajstić information content (AvgIpc) is 2.89. The lowest BCUT2D eigenvalue weighted by Crippen LogP contribution is -2.21. The predicted octanol–water partition coefficient (Wildman–Crippen LogP) is 5.41. The van der Waals surface area contributed by atoms with Crippen LogP contribution in [0.5, 0.6) is 0 Å². The summed E-state index contributed by atoms with van der Waals surface area (Å²) in [4.78, 5) is 0. The van der Waals surface area contributed by atoms with Crippen LogP contribution >= 0.6 is 8.58 Å². The van der Waals surface area contributed by atoms with E-state index in [-0.39, 0.29) is 0 Å². The van der Waals surface area contributed by atoms with E-state index in [1.54, 1.807) is 5.31 Å². The van der Waals surface area contributed by atoms with E-state index >= 15 is 0 Å². The lowest BCUT2D eigenvalue weighted by atomic mass is 10.1. The van der Waals surface area contributed by atoms with Crippen LogP contribution in [-0.4, -0.2) is 0 Å². The van der Waals surface area contributed by atoms with Crippen molar-refractivity contribution in [2.75, 3.05) is 0 Å². The van der Waals surface area contributed by atoms with E-state index in [0.29, 0.717) is 0 Å². The zero-order chi connectivity index (χ0) is 14.0. The lowest BCUT2D eigenvalue weighted by Gasteiger charge is -2.03. The van der Waals surface area contributed by atoms with Gasteiger partial charge in [0.1, 0.15) is 0 Å². The van der Waals surface area contributed by atoms with Gasteiger partial charge in [0.2, 0.25) is 0 Å². The van der Waals surface area contributed by atoms with Gasteiger partial charge in [0.05, 0.1) is 0 Å². The van der Waals surface area contributed by atoms with E-state index in [9.17, 15) is 0 Å². The summed E-state index contributed by atoms with van der Waals surface area (Å²) in [7, 11) is 1.44. The Morgan fingerprint density at radius 3 is 2.20 bits per heavy atom. The topological polar surface area (TPSA) is 0 Å². The van der Waals surface area contributed by atoms with Crippen molar-refractivity contribution >= 4 is 19.7 Å². The number of fused-ring (bicyclic) bond motifs is 1. The Balaban J connectivity index is 1.58. The van der Waals surface area contributed by atoms with Gasteiger partial charge in [-0.15, -0.1) is 0 Å².